The van der Waals surface area contributed by atoms with Crippen molar-refractivity contribution >= 4 is 17.8 Å². The summed E-state index contributed by atoms with van der Waals surface area (Å²) in [6, 6.07) is 4.07. The van der Waals surface area contributed by atoms with E-state index in [1.165, 1.54) is 30.0 Å². The zero-order chi connectivity index (χ0) is 16.3. The van der Waals surface area contributed by atoms with Crippen molar-refractivity contribution in [1.82, 2.24) is 4.90 Å². The van der Waals surface area contributed by atoms with Crippen molar-refractivity contribution in [1.29, 1.82) is 0 Å². The first-order valence-corrected chi connectivity index (χ1v) is 6.76. The Balaban J connectivity index is 1.93. The van der Waals surface area contributed by atoms with Gasteiger partial charge in [0.1, 0.15) is 16.6 Å². The minimum Gasteiger partial charge on any atom is -0.481 e. The lowest BCUT2D eigenvalue weighted by atomic mass is 9.97. The Kier molecular flexibility index (Phi) is 2.82. The van der Waals surface area contributed by atoms with Gasteiger partial charge in [-0.25, -0.2) is 4.39 Å². The highest BCUT2D eigenvalue weighted by Crippen LogP contribution is 2.68. The first-order chi connectivity index (χ1) is 10.2. The fourth-order valence-electron chi connectivity index (χ4n) is 3.44. The lowest BCUT2D eigenvalue weighted by Gasteiger charge is -2.21. The minimum absolute atomic E-state index is 0.0244. The molecule has 1 amide bonds. The van der Waals surface area contributed by atoms with Gasteiger partial charge in [0.15, 0.2) is 0 Å². The molecule has 1 aliphatic carbocycles. The van der Waals surface area contributed by atoms with Crippen LogP contribution in [0.5, 0.6) is 0 Å². The molecule has 2 fully saturated rings. The fourth-order valence-corrected chi connectivity index (χ4v) is 3.44. The van der Waals surface area contributed by atoms with Crippen LogP contribution in [0.15, 0.2) is 18.2 Å². The lowest BCUT2D eigenvalue weighted by Crippen LogP contribution is -2.35. The van der Waals surface area contributed by atoms with E-state index < -0.39 is 34.5 Å². The molecule has 6 nitrogen and oxygen atoms in total. The average Bonchev–Trinajstić information content (AvgIpc) is 3.00. The lowest BCUT2D eigenvalue weighted by molar-refractivity contribution is -0.151. The molecule has 1 heterocycles. The van der Waals surface area contributed by atoms with Crippen molar-refractivity contribution in [3.8, 4) is 0 Å². The summed E-state index contributed by atoms with van der Waals surface area (Å²) in [6.07, 6.45) is 0.0244. The molecule has 0 radical (unpaired) electrons. The van der Waals surface area contributed by atoms with Crippen LogP contribution in [-0.4, -0.2) is 46.0 Å². The highest BCUT2D eigenvalue weighted by Gasteiger charge is 2.81. The van der Waals surface area contributed by atoms with Gasteiger partial charge in [-0.3, -0.25) is 14.4 Å². The van der Waals surface area contributed by atoms with Gasteiger partial charge in [0.2, 0.25) is 0 Å². The number of likely N-dealkylation sites (tertiary alicyclic amines) is 1. The van der Waals surface area contributed by atoms with E-state index in [4.69, 9.17) is 0 Å². The summed E-state index contributed by atoms with van der Waals surface area (Å²) in [5.74, 6) is -3.48. The van der Waals surface area contributed by atoms with Crippen LogP contribution in [0.1, 0.15) is 22.3 Å². The van der Waals surface area contributed by atoms with E-state index >= 15 is 0 Å². The maximum absolute atomic E-state index is 13.6. The number of amides is 1. The number of carbonyl (C=O) groups excluding carboxylic acids is 1. The third-order valence-electron chi connectivity index (χ3n) is 4.92. The van der Waals surface area contributed by atoms with E-state index in [-0.39, 0.29) is 30.6 Å². The smallest absolute Gasteiger partial charge is 0.312 e. The molecule has 0 spiro atoms. The zero-order valence-electron chi connectivity index (χ0n) is 11.8. The van der Waals surface area contributed by atoms with Crippen molar-refractivity contribution < 1.29 is 29.0 Å². The quantitative estimate of drug-likeness (QED) is 0.873. The molecule has 3 rings (SSSR count). The molecule has 1 aromatic rings. The third-order valence-corrected chi connectivity index (χ3v) is 4.92. The Morgan fingerprint density at radius 3 is 2.18 bits per heavy atom. The Hall–Kier alpha value is -2.44. The fraction of sp³-hybridized carbons (Fsp3) is 0.400. The Labute approximate surface area is 125 Å². The van der Waals surface area contributed by atoms with Crippen molar-refractivity contribution in [3.63, 3.8) is 0 Å². The standard InChI is InChI=1S/C15H14FNO5/c1-8-9(3-2-4-10(8)16)11(18)17-6-14(12(19)20)5-15(14,7-17)13(21)22/h2-4H,5-7H2,1H3,(H,19,20)(H,21,22)/t14-,15+. The molecular weight excluding hydrogens is 293 g/mol. The van der Waals surface area contributed by atoms with Crippen LogP contribution in [0.25, 0.3) is 0 Å². The SMILES string of the molecule is Cc1c(F)cccc1C(=O)N1C[C@@]2(C(=O)O)C[C@@]2(C(=O)O)C1. The number of rotatable bonds is 3. The molecule has 1 aromatic carbocycles. The van der Waals surface area contributed by atoms with Crippen molar-refractivity contribution in [2.75, 3.05) is 13.1 Å². The summed E-state index contributed by atoms with van der Waals surface area (Å²) < 4.78 is 13.6. The molecule has 1 saturated heterocycles. The number of carboxylic acid groups (broad SMARTS) is 2. The van der Waals surface area contributed by atoms with E-state index in [9.17, 15) is 29.0 Å². The van der Waals surface area contributed by atoms with Gasteiger partial charge in [0.25, 0.3) is 5.91 Å². The highest BCUT2D eigenvalue weighted by atomic mass is 19.1. The first-order valence-electron chi connectivity index (χ1n) is 6.76. The normalized spacial score (nSPS) is 29.1. The second kappa shape index (κ2) is 4.28. The van der Waals surface area contributed by atoms with E-state index in [1.807, 2.05) is 0 Å². The topological polar surface area (TPSA) is 94.9 Å². The number of hydrogen-bond donors (Lipinski definition) is 2. The predicted octanol–water partition coefficient (Wildman–Crippen LogP) is 1.14. The molecule has 2 N–H and O–H groups in total. The second-order valence-corrected chi connectivity index (χ2v) is 6.02. The third kappa shape index (κ3) is 1.62. The molecule has 22 heavy (non-hydrogen) atoms. The first kappa shape index (κ1) is 14.5. The van der Waals surface area contributed by atoms with Gasteiger partial charge >= 0.3 is 11.9 Å². The van der Waals surface area contributed by atoms with Crippen molar-refractivity contribution in [2.24, 2.45) is 10.8 Å². The number of piperidine rings is 1. The highest BCUT2D eigenvalue weighted by molar-refractivity contribution is 6.00. The van der Waals surface area contributed by atoms with Crippen molar-refractivity contribution in [3.05, 3.63) is 35.1 Å². The van der Waals surface area contributed by atoms with E-state index in [2.05, 4.69) is 0 Å². The number of nitrogens with zero attached hydrogens (tertiary/aromatic N) is 1. The molecule has 0 aromatic heterocycles. The zero-order valence-corrected chi connectivity index (χ0v) is 11.8. The maximum Gasteiger partial charge on any atom is 0.312 e. The van der Waals surface area contributed by atoms with Crippen LogP contribution >= 0.6 is 0 Å². The summed E-state index contributed by atoms with van der Waals surface area (Å²) in [7, 11) is 0. The van der Waals surface area contributed by atoms with Gasteiger partial charge in [0, 0.05) is 18.7 Å². The molecular formula is C15H14FNO5. The van der Waals surface area contributed by atoms with Crippen LogP contribution in [-0.2, 0) is 9.59 Å². The van der Waals surface area contributed by atoms with Crippen LogP contribution in [0.4, 0.5) is 4.39 Å². The molecule has 1 aliphatic heterocycles. The average molecular weight is 307 g/mol. The summed E-state index contributed by atoms with van der Waals surface area (Å²) in [6.45, 7) is 1.13. The van der Waals surface area contributed by atoms with Gasteiger partial charge in [-0.2, -0.15) is 0 Å². The maximum atomic E-state index is 13.6. The van der Waals surface area contributed by atoms with Crippen LogP contribution < -0.4 is 0 Å². The van der Waals surface area contributed by atoms with Crippen LogP contribution in [0, 0.1) is 23.6 Å². The molecule has 2 atom stereocenters. The van der Waals surface area contributed by atoms with Gasteiger partial charge in [-0.15, -0.1) is 0 Å². The minimum atomic E-state index is -1.42. The summed E-state index contributed by atoms with van der Waals surface area (Å²) in [4.78, 5) is 36.6. The number of carbonyl (C=O) groups is 3. The van der Waals surface area contributed by atoms with Gasteiger partial charge in [-0.05, 0) is 31.0 Å². The number of halogens is 1. The van der Waals surface area contributed by atoms with Gasteiger partial charge < -0.3 is 15.1 Å². The monoisotopic (exact) mass is 307 g/mol. The largest absolute Gasteiger partial charge is 0.481 e. The molecule has 0 unspecified atom stereocenters. The van der Waals surface area contributed by atoms with E-state index in [0.717, 1.165) is 0 Å². The van der Waals surface area contributed by atoms with Crippen molar-refractivity contribution in [2.45, 2.75) is 13.3 Å². The molecule has 7 heteroatoms. The molecule has 1 saturated carbocycles. The van der Waals surface area contributed by atoms with Gasteiger partial charge in [0.05, 0.1) is 0 Å². The summed E-state index contributed by atoms with van der Waals surface area (Å²) >= 11 is 0. The Bertz CT molecular complexity index is 690. The second-order valence-electron chi connectivity index (χ2n) is 6.02. The summed E-state index contributed by atoms with van der Waals surface area (Å²) in [5.41, 5.74) is -2.55. The van der Waals surface area contributed by atoms with Gasteiger partial charge in [-0.1, -0.05) is 6.07 Å². The van der Waals surface area contributed by atoms with E-state index in [1.54, 1.807) is 0 Å². The summed E-state index contributed by atoms with van der Waals surface area (Å²) in [5, 5.41) is 18.7. The number of benzene rings is 1. The molecule has 116 valence electrons. The molecule has 0 bridgehead atoms. The number of carboxylic acids is 2. The number of fused-ring (bicyclic) bond motifs is 1. The number of hydrogen-bond acceptors (Lipinski definition) is 3. The molecule has 2 aliphatic rings. The Morgan fingerprint density at radius 1 is 1.14 bits per heavy atom. The van der Waals surface area contributed by atoms with Crippen LogP contribution in [0.2, 0.25) is 0 Å². The van der Waals surface area contributed by atoms with Crippen LogP contribution in [0.3, 0.4) is 0 Å². The van der Waals surface area contributed by atoms with E-state index in [0.29, 0.717) is 0 Å². The number of aliphatic carboxylic acids is 2. The Morgan fingerprint density at radius 2 is 1.68 bits per heavy atom. The predicted molar refractivity (Wildman–Crippen MR) is 71.8 cm³/mol.